The molecule has 0 saturated heterocycles. The van der Waals surface area contributed by atoms with Gasteiger partial charge in [-0.15, -0.1) is 0 Å². The second-order valence-corrected chi connectivity index (χ2v) is 3.77. The van der Waals surface area contributed by atoms with Gasteiger partial charge >= 0.3 is 0 Å². The van der Waals surface area contributed by atoms with Crippen LogP contribution in [0.3, 0.4) is 0 Å². The Kier molecular flexibility index (Phi) is 2.95. The number of hydrogen-bond donors (Lipinski definition) is 2. The van der Waals surface area contributed by atoms with Crippen LogP contribution in [0, 0.1) is 5.82 Å². The van der Waals surface area contributed by atoms with Crippen molar-refractivity contribution in [2.24, 2.45) is 0 Å². The highest BCUT2D eigenvalue weighted by Crippen LogP contribution is 2.19. The van der Waals surface area contributed by atoms with Crippen LogP contribution in [0.1, 0.15) is 10.6 Å². The Balaban J connectivity index is 2.15. The highest BCUT2D eigenvalue weighted by Gasteiger charge is 2.09. The number of aromatic amines is 1. The van der Waals surface area contributed by atoms with Gasteiger partial charge in [-0.3, -0.25) is 9.89 Å². The monoisotopic (exact) mass is 284 g/mol. The number of H-pyrrole nitrogens is 1. The number of nitrogens with one attached hydrogen (secondary N) is 2. The zero-order valence-electron chi connectivity index (χ0n) is 7.87. The molecule has 1 amide bonds. The summed E-state index contributed by atoms with van der Waals surface area (Å²) in [5, 5.41) is 8.42. The topological polar surface area (TPSA) is 70.7 Å². The Morgan fingerprint density at radius 2 is 2.31 bits per heavy atom. The smallest absolute Gasteiger partial charge is 0.292 e. The second kappa shape index (κ2) is 4.40. The summed E-state index contributed by atoms with van der Waals surface area (Å²) in [6, 6.07) is 4.28. The molecule has 16 heavy (non-hydrogen) atoms. The SMILES string of the molecule is O=C(Nc1ccc(Br)c(F)c1)c1ncn[nH]1. The molecule has 1 aromatic heterocycles. The number of halogens is 2. The van der Waals surface area contributed by atoms with Gasteiger partial charge < -0.3 is 5.32 Å². The first-order chi connectivity index (χ1) is 7.66. The van der Waals surface area contributed by atoms with Gasteiger partial charge in [-0.25, -0.2) is 9.37 Å². The third-order valence-corrected chi connectivity index (χ3v) is 2.45. The van der Waals surface area contributed by atoms with Crippen LogP contribution in [0.25, 0.3) is 0 Å². The van der Waals surface area contributed by atoms with Crippen molar-refractivity contribution in [3.8, 4) is 0 Å². The summed E-state index contributed by atoms with van der Waals surface area (Å²) >= 11 is 3.02. The molecule has 2 N–H and O–H groups in total. The number of nitrogens with zero attached hydrogens (tertiary/aromatic N) is 2. The lowest BCUT2D eigenvalue weighted by Gasteiger charge is -2.03. The third kappa shape index (κ3) is 2.25. The summed E-state index contributed by atoms with van der Waals surface area (Å²) in [5.41, 5.74) is 0.349. The van der Waals surface area contributed by atoms with E-state index in [4.69, 9.17) is 0 Å². The van der Waals surface area contributed by atoms with Gasteiger partial charge in [-0.05, 0) is 34.1 Å². The van der Waals surface area contributed by atoms with E-state index in [2.05, 4.69) is 36.4 Å². The van der Waals surface area contributed by atoms with Crippen molar-refractivity contribution < 1.29 is 9.18 Å². The molecular formula is C9H6BrFN4O. The predicted octanol–water partition coefficient (Wildman–Crippen LogP) is 1.96. The average Bonchev–Trinajstić information content (AvgIpc) is 2.77. The minimum absolute atomic E-state index is 0.0725. The average molecular weight is 285 g/mol. The zero-order chi connectivity index (χ0) is 11.5. The molecule has 2 rings (SSSR count). The Morgan fingerprint density at radius 1 is 1.50 bits per heavy atom. The normalized spacial score (nSPS) is 10.1. The van der Waals surface area contributed by atoms with Gasteiger partial charge in [-0.1, -0.05) is 0 Å². The van der Waals surface area contributed by atoms with Crippen molar-refractivity contribution in [1.29, 1.82) is 0 Å². The fourth-order valence-corrected chi connectivity index (χ4v) is 1.33. The summed E-state index contributed by atoms with van der Waals surface area (Å²) in [5.74, 6) is -0.849. The Labute approximate surface area is 98.2 Å². The van der Waals surface area contributed by atoms with E-state index in [1.165, 1.54) is 18.5 Å². The number of carbonyl (C=O) groups is 1. The molecule has 0 fully saturated rings. The van der Waals surface area contributed by atoms with Gasteiger partial charge in [0.15, 0.2) is 0 Å². The number of anilines is 1. The van der Waals surface area contributed by atoms with Crippen LogP contribution in [-0.2, 0) is 0 Å². The number of amides is 1. The Hall–Kier alpha value is -1.76. The van der Waals surface area contributed by atoms with E-state index in [9.17, 15) is 9.18 Å². The van der Waals surface area contributed by atoms with E-state index in [-0.39, 0.29) is 5.82 Å². The molecule has 0 atom stereocenters. The molecular weight excluding hydrogens is 279 g/mol. The van der Waals surface area contributed by atoms with Crippen molar-refractivity contribution >= 4 is 27.5 Å². The van der Waals surface area contributed by atoms with E-state index >= 15 is 0 Å². The van der Waals surface area contributed by atoms with Crippen molar-refractivity contribution in [1.82, 2.24) is 15.2 Å². The maximum atomic E-state index is 13.1. The quantitative estimate of drug-likeness (QED) is 0.886. The molecule has 82 valence electrons. The molecule has 2 aromatic rings. The van der Waals surface area contributed by atoms with Crippen LogP contribution in [0.4, 0.5) is 10.1 Å². The van der Waals surface area contributed by atoms with Gasteiger partial charge in [-0.2, -0.15) is 5.10 Å². The molecule has 0 bridgehead atoms. The molecule has 0 aliphatic rings. The van der Waals surface area contributed by atoms with Crippen molar-refractivity contribution in [3.63, 3.8) is 0 Å². The van der Waals surface area contributed by atoms with Crippen molar-refractivity contribution in [3.05, 3.63) is 40.6 Å². The summed E-state index contributed by atoms with van der Waals surface area (Å²) in [6.45, 7) is 0. The highest BCUT2D eigenvalue weighted by molar-refractivity contribution is 9.10. The van der Waals surface area contributed by atoms with Crippen LogP contribution in [-0.4, -0.2) is 21.1 Å². The van der Waals surface area contributed by atoms with E-state index in [1.54, 1.807) is 6.07 Å². The second-order valence-electron chi connectivity index (χ2n) is 2.92. The largest absolute Gasteiger partial charge is 0.319 e. The molecule has 7 heteroatoms. The third-order valence-electron chi connectivity index (χ3n) is 1.81. The predicted molar refractivity (Wildman–Crippen MR) is 58.4 cm³/mol. The van der Waals surface area contributed by atoms with E-state index in [0.29, 0.717) is 10.2 Å². The Bertz CT molecular complexity index is 514. The summed E-state index contributed by atoms with van der Waals surface area (Å²) in [6.07, 6.45) is 1.22. The molecule has 0 spiro atoms. The van der Waals surface area contributed by atoms with Crippen LogP contribution in [0.5, 0.6) is 0 Å². The molecule has 0 aliphatic heterocycles. The number of hydrogen-bond acceptors (Lipinski definition) is 3. The van der Waals surface area contributed by atoms with Gasteiger partial charge in [0.2, 0.25) is 5.82 Å². The molecule has 5 nitrogen and oxygen atoms in total. The molecule has 1 heterocycles. The lowest BCUT2D eigenvalue weighted by atomic mass is 10.3. The first-order valence-electron chi connectivity index (χ1n) is 4.28. The zero-order valence-corrected chi connectivity index (χ0v) is 9.45. The minimum atomic E-state index is -0.473. The van der Waals surface area contributed by atoms with E-state index in [0.717, 1.165) is 0 Å². The number of rotatable bonds is 2. The van der Waals surface area contributed by atoms with Crippen LogP contribution in [0.2, 0.25) is 0 Å². The van der Waals surface area contributed by atoms with E-state index < -0.39 is 11.7 Å². The number of benzene rings is 1. The first kappa shape index (κ1) is 10.7. The maximum absolute atomic E-state index is 13.1. The van der Waals surface area contributed by atoms with Gasteiger partial charge in [0, 0.05) is 5.69 Å². The fourth-order valence-electron chi connectivity index (χ4n) is 1.08. The summed E-state index contributed by atoms with van der Waals surface area (Å²) < 4.78 is 13.5. The fraction of sp³-hybridized carbons (Fsp3) is 0. The molecule has 1 aromatic carbocycles. The molecule has 0 saturated carbocycles. The number of aromatic nitrogens is 3. The van der Waals surface area contributed by atoms with Crippen LogP contribution in [0.15, 0.2) is 29.0 Å². The molecule has 0 unspecified atom stereocenters. The Morgan fingerprint density at radius 3 is 2.94 bits per heavy atom. The van der Waals surface area contributed by atoms with Crippen molar-refractivity contribution in [2.75, 3.05) is 5.32 Å². The van der Waals surface area contributed by atoms with E-state index in [1.807, 2.05) is 0 Å². The van der Waals surface area contributed by atoms with Gasteiger partial charge in [0.25, 0.3) is 5.91 Å². The van der Waals surface area contributed by atoms with Gasteiger partial charge in [0.05, 0.1) is 4.47 Å². The van der Waals surface area contributed by atoms with Gasteiger partial charge in [0.1, 0.15) is 12.1 Å². The standard InChI is InChI=1S/C9H6BrFN4O/c10-6-2-1-5(3-7(6)11)14-9(16)8-12-4-13-15-8/h1-4H,(H,14,16)(H,12,13,15). The van der Waals surface area contributed by atoms with Crippen molar-refractivity contribution in [2.45, 2.75) is 0 Å². The minimum Gasteiger partial charge on any atom is -0.319 e. The van der Waals surface area contributed by atoms with Crippen LogP contribution >= 0.6 is 15.9 Å². The molecule has 0 aliphatic carbocycles. The number of carbonyl (C=O) groups excluding carboxylic acids is 1. The molecule has 0 radical (unpaired) electrons. The highest BCUT2D eigenvalue weighted by atomic mass is 79.9. The lowest BCUT2D eigenvalue weighted by Crippen LogP contribution is -2.13. The lowest BCUT2D eigenvalue weighted by molar-refractivity contribution is 0.101. The first-order valence-corrected chi connectivity index (χ1v) is 5.08. The maximum Gasteiger partial charge on any atom is 0.292 e. The summed E-state index contributed by atoms with van der Waals surface area (Å²) in [4.78, 5) is 15.2. The van der Waals surface area contributed by atoms with Crippen LogP contribution < -0.4 is 5.32 Å². The summed E-state index contributed by atoms with van der Waals surface area (Å²) in [7, 11) is 0.